The summed E-state index contributed by atoms with van der Waals surface area (Å²) in [6, 6.07) is 7.31. The van der Waals surface area contributed by atoms with Crippen molar-refractivity contribution in [3.05, 3.63) is 52.3 Å². The number of hydrogen-bond acceptors (Lipinski definition) is 3. The third-order valence-electron chi connectivity index (χ3n) is 3.47. The zero-order chi connectivity index (χ0) is 18.4. The summed E-state index contributed by atoms with van der Waals surface area (Å²) in [5, 5.41) is 2.98. The highest BCUT2D eigenvalue weighted by Gasteiger charge is 2.17. The SMILES string of the molecule is CCCOc1c(Cl)cc(C(=O)Nc2cc(F)ccc2C)cc1OCC. The highest BCUT2D eigenvalue weighted by atomic mass is 35.5. The molecule has 2 rings (SSSR count). The molecular weight excluding hydrogens is 345 g/mol. The summed E-state index contributed by atoms with van der Waals surface area (Å²) in [6.45, 7) is 6.51. The molecule has 2 aromatic rings. The minimum Gasteiger partial charge on any atom is -0.490 e. The first-order valence-electron chi connectivity index (χ1n) is 8.12. The van der Waals surface area contributed by atoms with E-state index in [9.17, 15) is 9.18 Å². The molecule has 0 aliphatic heterocycles. The van der Waals surface area contributed by atoms with Crippen LogP contribution in [0.5, 0.6) is 11.5 Å². The molecule has 0 unspecified atom stereocenters. The molecule has 0 saturated heterocycles. The first-order chi connectivity index (χ1) is 12.0. The number of ether oxygens (including phenoxy) is 2. The topological polar surface area (TPSA) is 47.6 Å². The lowest BCUT2D eigenvalue weighted by Crippen LogP contribution is -2.14. The van der Waals surface area contributed by atoms with E-state index in [0.29, 0.717) is 41.0 Å². The van der Waals surface area contributed by atoms with Gasteiger partial charge in [0.05, 0.1) is 18.2 Å². The van der Waals surface area contributed by atoms with E-state index in [1.165, 1.54) is 18.2 Å². The third-order valence-corrected chi connectivity index (χ3v) is 3.75. The Morgan fingerprint density at radius 2 is 1.96 bits per heavy atom. The van der Waals surface area contributed by atoms with Crippen LogP contribution in [0.25, 0.3) is 0 Å². The highest BCUT2D eigenvalue weighted by Crippen LogP contribution is 2.37. The van der Waals surface area contributed by atoms with E-state index < -0.39 is 11.7 Å². The predicted octanol–water partition coefficient (Wildman–Crippen LogP) is 5.23. The average molecular weight is 366 g/mol. The third kappa shape index (κ3) is 4.86. The van der Waals surface area contributed by atoms with Gasteiger partial charge >= 0.3 is 0 Å². The standard InChI is InChI=1S/C19H21ClFNO3/c1-4-8-25-18-15(20)9-13(10-17(18)24-5-2)19(23)22-16-11-14(21)7-6-12(16)3/h6-7,9-11H,4-5,8H2,1-3H3,(H,22,23). The quantitative estimate of drug-likeness (QED) is 0.731. The van der Waals surface area contributed by atoms with Crippen LogP contribution in [0.4, 0.5) is 10.1 Å². The molecule has 0 aliphatic carbocycles. The second-order valence-corrected chi connectivity index (χ2v) is 5.89. The number of aryl methyl sites for hydroxylation is 1. The number of amides is 1. The summed E-state index contributed by atoms with van der Waals surface area (Å²) in [6.07, 6.45) is 0.822. The Labute approximate surface area is 151 Å². The second kappa shape index (κ2) is 8.72. The summed E-state index contributed by atoms with van der Waals surface area (Å²) in [5.41, 5.74) is 1.47. The number of carbonyl (C=O) groups is 1. The van der Waals surface area contributed by atoms with Crippen molar-refractivity contribution in [2.75, 3.05) is 18.5 Å². The van der Waals surface area contributed by atoms with Crippen LogP contribution < -0.4 is 14.8 Å². The van der Waals surface area contributed by atoms with Crippen molar-refractivity contribution < 1.29 is 18.7 Å². The first-order valence-corrected chi connectivity index (χ1v) is 8.50. The van der Waals surface area contributed by atoms with Gasteiger partial charge in [-0.2, -0.15) is 0 Å². The molecule has 0 saturated carbocycles. The van der Waals surface area contributed by atoms with Crippen molar-refractivity contribution in [2.24, 2.45) is 0 Å². The van der Waals surface area contributed by atoms with Gasteiger partial charge in [0, 0.05) is 11.3 Å². The largest absolute Gasteiger partial charge is 0.490 e. The fourth-order valence-electron chi connectivity index (χ4n) is 2.23. The maximum atomic E-state index is 13.4. The van der Waals surface area contributed by atoms with Crippen molar-refractivity contribution >= 4 is 23.2 Å². The van der Waals surface area contributed by atoms with Gasteiger partial charge in [0.25, 0.3) is 5.91 Å². The van der Waals surface area contributed by atoms with Gasteiger partial charge in [0.1, 0.15) is 5.82 Å². The van der Waals surface area contributed by atoms with E-state index in [1.807, 2.05) is 13.8 Å². The molecule has 0 aliphatic rings. The molecule has 1 amide bonds. The molecule has 1 N–H and O–H groups in total. The van der Waals surface area contributed by atoms with E-state index in [4.69, 9.17) is 21.1 Å². The predicted molar refractivity (Wildman–Crippen MR) is 97.5 cm³/mol. The first kappa shape index (κ1) is 19.1. The number of anilines is 1. The smallest absolute Gasteiger partial charge is 0.255 e. The van der Waals surface area contributed by atoms with E-state index in [2.05, 4.69) is 5.32 Å². The average Bonchev–Trinajstić information content (AvgIpc) is 2.57. The van der Waals surface area contributed by atoms with E-state index in [0.717, 1.165) is 12.0 Å². The summed E-state index contributed by atoms with van der Waals surface area (Å²) < 4.78 is 24.6. The summed E-state index contributed by atoms with van der Waals surface area (Å²) in [7, 11) is 0. The van der Waals surface area contributed by atoms with Gasteiger partial charge in [-0.25, -0.2) is 4.39 Å². The summed E-state index contributed by atoms with van der Waals surface area (Å²) in [4.78, 5) is 12.5. The Balaban J connectivity index is 2.31. The van der Waals surface area contributed by atoms with Gasteiger partial charge < -0.3 is 14.8 Å². The molecular formula is C19H21ClFNO3. The minimum absolute atomic E-state index is 0.292. The van der Waals surface area contributed by atoms with Crippen molar-refractivity contribution in [2.45, 2.75) is 27.2 Å². The van der Waals surface area contributed by atoms with Crippen molar-refractivity contribution in [1.29, 1.82) is 0 Å². The Morgan fingerprint density at radius 1 is 1.20 bits per heavy atom. The molecule has 4 nitrogen and oxygen atoms in total. The van der Waals surface area contributed by atoms with Crippen LogP contribution >= 0.6 is 11.6 Å². The maximum absolute atomic E-state index is 13.4. The second-order valence-electron chi connectivity index (χ2n) is 5.48. The van der Waals surface area contributed by atoms with Crippen LogP contribution in [0.3, 0.4) is 0 Å². The Morgan fingerprint density at radius 3 is 2.64 bits per heavy atom. The Bertz CT molecular complexity index is 765. The van der Waals surface area contributed by atoms with Gasteiger partial charge in [0.15, 0.2) is 11.5 Å². The van der Waals surface area contributed by atoms with Gasteiger partial charge in [-0.05, 0) is 50.1 Å². The van der Waals surface area contributed by atoms with Crippen molar-refractivity contribution in [1.82, 2.24) is 0 Å². The molecule has 6 heteroatoms. The number of carbonyl (C=O) groups excluding carboxylic acids is 1. The number of nitrogens with one attached hydrogen (secondary N) is 1. The van der Waals surface area contributed by atoms with Crippen LogP contribution in [0.2, 0.25) is 5.02 Å². The van der Waals surface area contributed by atoms with Crippen LogP contribution in [-0.2, 0) is 0 Å². The molecule has 0 fully saturated rings. The maximum Gasteiger partial charge on any atom is 0.255 e. The zero-order valence-electron chi connectivity index (χ0n) is 14.5. The number of benzene rings is 2. The van der Waals surface area contributed by atoms with Crippen LogP contribution in [0.15, 0.2) is 30.3 Å². The molecule has 0 bridgehead atoms. The summed E-state index contributed by atoms with van der Waals surface area (Å²) in [5.74, 6) is 0.00395. The van der Waals surface area contributed by atoms with E-state index >= 15 is 0 Å². The number of hydrogen-bond donors (Lipinski definition) is 1. The normalized spacial score (nSPS) is 10.4. The molecule has 0 radical (unpaired) electrons. The fraction of sp³-hybridized carbons (Fsp3) is 0.316. The van der Waals surface area contributed by atoms with Crippen LogP contribution in [0, 0.1) is 12.7 Å². The van der Waals surface area contributed by atoms with Gasteiger partial charge in [-0.15, -0.1) is 0 Å². The van der Waals surface area contributed by atoms with E-state index in [-0.39, 0.29) is 0 Å². The lowest BCUT2D eigenvalue weighted by atomic mass is 10.1. The molecule has 0 atom stereocenters. The lowest BCUT2D eigenvalue weighted by Gasteiger charge is -2.15. The zero-order valence-corrected chi connectivity index (χ0v) is 15.2. The lowest BCUT2D eigenvalue weighted by molar-refractivity contribution is 0.102. The minimum atomic E-state index is -0.419. The molecule has 0 aromatic heterocycles. The van der Waals surface area contributed by atoms with E-state index in [1.54, 1.807) is 19.1 Å². The highest BCUT2D eigenvalue weighted by molar-refractivity contribution is 6.32. The number of rotatable bonds is 7. The van der Waals surface area contributed by atoms with Gasteiger partial charge in [-0.1, -0.05) is 24.6 Å². The molecule has 25 heavy (non-hydrogen) atoms. The van der Waals surface area contributed by atoms with Crippen molar-refractivity contribution in [3.63, 3.8) is 0 Å². The van der Waals surface area contributed by atoms with Crippen molar-refractivity contribution in [3.8, 4) is 11.5 Å². The van der Waals surface area contributed by atoms with Crippen LogP contribution in [0.1, 0.15) is 36.2 Å². The molecule has 0 heterocycles. The monoisotopic (exact) mass is 365 g/mol. The Hall–Kier alpha value is -2.27. The number of halogens is 2. The molecule has 134 valence electrons. The molecule has 2 aromatic carbocycles. The molecule has 0 spiro atoms. The Kier molecular flexibility index (Phi) is 6.65. The fourth-order valence-corrected chi connectivity index (χ4v) is 2.49. The van der Waals surface area contributed by atoms with Gasteiger partial charge in [0.2, 0.25) is 0 Å². The van der Waals surface area contributed by atoms with Crippen LogP contribution in [-0.4, -0.2) is 19.1 Å². The van der Waals surface area contributed by atoms with Gasteiger partial charge in [-0.3, -0.25) is 4.79 Å². The summed E-state index contributed by atoms with van der Waals surface area (Å²) >= 11 is 6.26.